The zero-order valence-electron chi connectivity index (χ0n) is 15.7. The molecular weight excluding hydrogens is 328 g/mol. The number of hydrogen-bond acceptors (Lipinski definition) is 3. The molecule has 0 aliphatic carbocycles. The molecule has 26 heavy (non-hydrogen) atoms. The van der Waals surface area contributed by atoms with Crippen LogP contribution in [-0.4, -0.2) is 43.0 Å². The zero-order valence-corrected chi connectivity index (χ0v) is 15.7. The van der Waals surface area contributed by atoms with Crippen LogP contribution >= 0.6 is 0 Å². The molecule has 1 saturated heterocycles. The summed E-state index contributed by atoms with van der Waals surface area (Å²) in [5.41, 5.74) is 3.39. The highest BCUT2D eigenvalue weighted by molar-refractivity contribution is 6.02. The molecule has 1 atom stereocenters. The third-order valence-corrected chi connectivity index (χ3v) is 4.93. The Hall–Kier alpha value is -2.82. The number of carbonyl (C=O) groups excluding carboxylic acids is 2. The summed E-state index contributed by atoms with van der Waals surface area (Å²) in [7, 11) is 1.59. The molecule has 3 rings (SSSR count). The van der Waals surface area contributed by atoms with Crippen LogP contribution < -0.4 is 9.64 Å². The Kier molecular flexibility index (Phi) is 4.98. The summed E-state index contributed by atoms with van der Waals surface area (Å²) >= 11 is 0. The van der Waals surface area contributed by atoms with Crippen molar-refractivity contribution in [2.75, 3.05) is 25.1 Å². The normalized spacial score (nSPS) is 17.4. The molecule has 2 aromatic rings. The van der Waals surface area contributed by atoms with Crippen LogP contribution in [0, 0.1) is 13.8 Å². The van der Waals surface area contributed by atoms with E-state index in [9.17, 15) is 9.59 Å². The predicted molar refractivity (Wildman–Crippen MR) is 102 cm³/mol. The third-order valence-electron chi connectivity index (χ3n) is 4.93. The van der Waals surface area contributed by atoms with Gasteiger partial charge in [0.1, 0.15) is 12.3 Å². The molecule has 0 spiro atoms. The molecule has 2 aromatic carbocycles. The van der Waals surface area contributed by atoms with Crippen molar-refractivity contribution in [3.05, 3.63) is 59.2 Å². The molecule has 1 aliphatic rings. The number of carbonyl (C=O) groups is 2. The fraction of sp³-hybridized carbons (Fsp3) is 0.333. The number of benzene rings is 2. The second kappa shape index (κ2) is 7.20. The summed E-state index contributed by atoms with van der Waals surface area (Å²) < 4.78 is 5.31. The molecule has 1 unspecified atom stereocenters. The number of aryl methyl sites for hydroxylation is 1. The Morgan fingerprint density at radius 3 is 2.46 bits per heavy atom. The maximum Gasteiger partial charge on any atom is 0.255 e. The molecule has 0 N–H and O–H groups in total. The number of anilines is 1. The lowest BCUT2D eigenvalue weighted by atomic mass is 10.0. The number of ether oxygens (including phenoxy) is 1. The Labute approximate surface area is 154 Å². The van der Waals surface area contributed by atoms with Crippen molar-refractivity contribution in [1.82, 2.24) is 4.90 Å². The molecule has 1 fully saturated rings. The van der Waals surface area contributed by atoms with Crippen molar-refractivity contribution in [3.8, 4) is 5.75 Å². The van der Waals surface area contributed by atoms with Crippen molar-refractivity contribution in [1.29, 1.82) is 0 Å². The Bertz CT molecular complexity index is 830. The van der Waals surface area contributed by atoms with Crippen LogP contribution in [0.4, 0.5) is 5.69 Å². The second-order valence-corrected chi connectivity index (χ2v) is 6.75. The number of rotatable bonds is 3. The Morgan fingerprint density at radius 1 is 1.12 bits per heavy atom. The topological polar surface area (TPSA) is 49.9 Å². The van der Waals surface area contributed by atoms with Gasteiger partial charge in [-0.25, -0.2) is 0 Å². The van der Waals surface area contributed by atoms with Crippen LogP contribution in [-0.2, 0) is 4.79 Å². The van der Waals surface area contributed by atoms with Crippen molar-refractivity contribution in [2.45, 2.75) is 26.8 Å². The zero-order chi connectivity index (χ0) is 18.8. The molecule has 1 aliphatic heterocycles. The molecule has 0 aromatic heterocycles. The number of piperazine rings is 1. The Balaban J connectivity index is 1.82. The van der Waals surface area contributed by atoms with Crippen molar-refractivity contribution in [2.24, 2.45) is 0 Å². The predicted octanol–water partition coefficient (Wildman–Crippen LogP) is 3.19. The van der Waals surface area contributed by atoms with E-state index in [1.807, 2.05) is 51.1 Å². The average Bonchev–Trinajstić information content (AvgIpc) is 2.64. The van der Waals surface area contributed by atoms with E-state index in [-0.39, 0.29) is 24.4 Å². The third kappa shape index (κ3) is 3.29. The lowest BCUT2D eigenvalue weighted by molar-refractivity contribution is -0.121. The highest BCUT2D eigenvalue weighted by Gasteiger charge is 2.34. The van der Waals surface area contributed by atoms with Crippen LogP contribution in [0.15, 0.2) is 42.5 Å². The van der Waals surface area contributed by atoms with Gasteiger partial charge in [-0.3, -0.25) is 9.59 Å². The smallest absolute Gasteiger partial charge is 0.255 e. The molecule has 5 nitrogen and oxygen atoms in total. The van der Waals surface area contributed by atoms with E-state index in [0.29, 0.717) is 17.9 Å². The van der Waals surface area contributed by atoms with Crippen molar-refractivity contribution >= 4 is 17.5 Å². The molecule has 0 radical (unpaired) electrons. The lowest BCUT2D eigenvalue weighted by Gasteiger charge is -2.39. The van der Waals surface area contributed by atoms with Gasteiger partial charge in [-0.1, -0.05) is 23.8 Å². The average molecular weight is 352 g/mol. The van der Waals surface area contributed by atoms with Gasteiger partial charge in [0.05, 0.1) is 7.11 Å². The van der Waals surface area contributed by atoms with E-state index in [2.05, 4.69) is 0 Å². The maximum atomic E-state index is 13.0. The second-order valence-electron chi connectivity index (χ2n) is 6.75. The summed E-state index contributed by atoms with van der Waals surface area (Å²) in [6.45, 7) is 6.41. The van der Waals surface area contributed by atoms with E-state index < -0.39 is 0 Å². The first-order valence-corrected chi connectivity index (χ1v) is 8.74. The molecule has 1 heterocycles. The first-order chi connectivity index (χ1) is 12.4. The largest absolute Gasteiger partial charge is 0.496 e. The van der Waals surface area contributed by atoms with Gasteiger partial charge < -0.3 is 14.5 Å². The minimum Gasteiger partial charge on any atom is -0.496 e. The molecule has 0 bridgehead atoms. The summed E-state index contributed by atoms with van der Waals surface area (Å²) in [6, 6.07) is 13.2. The maximum absolute atomic E-state index is 13.0. The van der Waals surface area contributed by atoms with Crippen LogP contribution in [0.25, 0.3) is 0 Å². The first kappa shape index (κ1) is 18.0. The van der Waals surface area contributed by atoms with Crippen molar-refractivity contribution in [3.63, 3.8) is 0 Å². The van der Waals surface area contributed by atoms with Gasteiger partial charge in [0.25, 0.3) is 5.91 Å². The summed E-state index contributed by atoms with van der Waals surface area (Å²) in [4.78, 5) is 29.1. The van der Waals surface area contributed by atoms with E-state index in [1.54, 1.807) is 29.0 Å². The summed E-state index contributed by atoms with van der Waals surface area (Å²) in [5.74, 6) is 0.472. The Morgan fingerprint density at radius 2 is 1.81 bits per heavy atom. The van der Waals surface area contributed by atoms with E-state index >= 15 is 0 Å². The van der Waals surface area contributed by atoms with Crippen LogP contribution in [0.5, 0.6) is 5.75 Å². The van der Waals surface area contributed by atoms with E-state index in [1.165, 1.54) is 0 Å². The monoisotopic (exact) mass is 352 g/mol. The quantitative estimate of drug-likeness (QED) is 0.852. The van der Waals surface area contributed by atoms with Gasteiger partial charge >= 0.3 is 0 Å². The van der Waals surface area contributed by atoms with Gasteiger partial charge in [-0.2, -0.15) is 0 Å². The standard InChI is InChI=1S/C21H24N2O3/c1-14-8-10-17(11-9-14)23-12-15(2)22(13-20(23)24)21(25)18-6-5-7-19(26-4)16(18)3/h5-11,15H,12-13H2,1-4H3. The van der Waals surface area contributed by atoms with Crippen LogP contribution in [0.1, 0.15) is 28.4 Å². The summed E-state index contributed by atoms with van der Waals surface area (Å²) in [5, 5.41) is 0. The van der Waals surface area contributed by atoms with E-state index in [0.717, 1.165) is 16.8 Å². The van der Waals surface area contributed by atoms with Gasteiger partial charge in [0, 0.05) is 29.4 Å². The van der Waals surface area contributed by atoms with E-state index in [4.69, 9.17) is 4.74 Å². The minimum atomic E-state index is -0.134. The number of nitrogens with zero attached hydrogens (tertiary/aromatic N) is 2. The number of hydrogen-bond donors (Lipinski definition) is 0. The highest BCUT2D eigenvalue weighted by Crippen LogP contribution is 2.25. The van der Waals surface area contributed by atoms with Crippen LogP contribution in [0.3, 0.4) is 0 Å². The molecule has 136 valence electrons. The van der Waals surface area contributed by atoms with Gasteiger partial charge in [-0.15, -0.1) is 0 Å². The van der Waals surface area contributed by atoms with Crippen LogP contribution in [0.2, 0.25) is 0 Å². The van der Waals surface area contributed by atoms with Gasteiger partial charge in [0.15, 0.2) is 0 Å². The molecule has 0 saturated carbocycles. The minimum absolute atomic E-state index is 0.0687. The summed E-state index contributed by atoms with van der Waals surface area (Å²) in [6.07, 6.45) is 0. The SMILES string of the molecule is COc1cccc(C(=O)N2CC(=O)N(c3ccc(C)cc3)CC2C)c1C. The van der Waals surface area contributed by atoms with Crippen molar-refractivity contribution < 1.29 is 14.3 Å². The van der Waals surface area contributed by atoms with Gasteiger partial charge in [-0.05, 0) is 45.0 Å². The fourth-order valence-corrected chi connectivity index (χ4v) is 3.32. The molecular formula is C21H24N2O3. The van der Waals surface area contributed by atoms with Gasteiger partial charge in [0.2, 0.25) is 5.91 Å². The first-order valence-electron chi connectivity index (χ1n) is 8.74. The fourth-order valence-electron chi connectivity index (χ4n) is 3.32. The number of amides is 2. The lowest BCUT2D eigenvalue weighted by Crippen LogP contribution is -2.57. The number of methoxy groups -OCH3 is 1. The molecule has 5 heteroatoms. The highest BCUT2D eigenvalue weighted by atomic mass is 16.5. The molecule has 2 amide bonds.